The number of nitrogens with zero attached hydrogens (tertiary/aromatic N) is 1. The van der Waals surface area contributed by atoms with Crippen LogP contribution in [0.2, 0.25) is 0 Å². The van der Waals surface area contributed by atoms with Crippen molar-refractivity contribution >= 4 is 11.5 Å². The number of aliphatic hydroxyl groups excluding tert-OH is 1. The van der Waals surface area contributed by atoms with Gasteiger partial charge in [0.05, 0.1) is 29.7 Å². The summed E-state index contributed by atoms with van der Waals surface area (Å²) in [5.74, 6) is -0.300. The molecule has 100 valence electrons. The van der Waals surface area contributed by atoms with E-state index in [4.69, 9.17) is 4.74 Å². The van der Waals surface area contributed by atoms with E-state index in [1.165, 1.54) is 5.57 Å². The number of rotatable bonds is 2. The zero-order valence-electron chi connectivity index (χ0n) is 10.9. The SMILES string of the molecule is CCOC(=O)c1ccc2c(c1)=C1CCC[C@@H](O)[C@H]1N=2. The van der Waals surface area contributed by atoms with E-state index in [1.54, 1.807) is 13.0 Å². The standard InChI is InChI=1S/C15H17NO3/c1-2-19-15(18)9-6-7-12-11(8-9)10-4-3-5-13(17)14(10)16-12/h6-8,13-14,17H,2-5H2,1H3/t13-,14+/m1/s1. The molecule has 1 aromatic rings. The lowest BCUT2D eigenvalue weighted by Gasteiger charge is -2.24. The number of benzene rings is 1. The molecule has 1 heterocycles. The van der Waals surface area contributed by atoms with Gasteiger partial charge in [0, 0.05) is 5.22 Å². The van der Waals surface area contributed by atoms with Crippen LogP contribution in [0.3, 0.4) is 0 Å². The summed E-state index contributed by atoms with van der Waals surface area (Å²) in [4.78, 5) is 16.3. The number of esters is 1. The number of fused-ring (bicyclic) bond motifs is 2. The lowest BCUT2D eigenvalue weighted by atomic mass is 9.88. The van der Waals surface area contributed by atoms with Gasteiger partial charge >= 0.3 is 5.97 Å². The van der Waals surface area contributed by atoms with Crippen molar-refractivity contribution in [2.45, 2.75) is 38.3 Å². The molecule has 19 heavy (non-hydrogen) atoms. The molecule has 2 atom stereocenters. The van der Waals surface area contributed by atoms with Crippen molar-refractivity contribution in [1.29, 1.82) is 0 Å². The molecule has 0 saturated heterocycles. The second-order valence-corrected chi connectivity index (χ2v) is 5.01. The third kappa shape index (κ3) is 2.06. The van der Waals surface area contributed by atoms with Gasteiger partial charge in [-0.3, -0.25) is 4.99 Å². The first kappa shape index (κ1) is 12.4. The minimum absolute atomic E-state index is 0.110. The Bertz CT molecular complexity index is 635. The van der Waals surface area contributed by atoms with Gasteiger partial charge in [0.2, 0.25) is 0 Å². The molecule has 0 amide bonds. The highest BCUT2D eigenvalue weighted by Crippen LogP contribution is 2.27. The lowest BCUT2D eigenvalue weighted by molar-refractivity contribution is 0.0526. The van der Waals surface area contributed by atoms with Crippen molar-refractivity contribution in [3.8, 4) is 0 Å². The first-order valence-electron chi connectivity index (χ1n) is 6.77. The van der Waals surface area contributed by atoms with Crippen LogP contribution in [0.1, 0.15) is 36.5 Å². The van der Waals surface area contributed by atoms with E-state index in [9.17, 15) is 9.90 Å². The smallest absolute Gasteiger partial charge is 0.338 e. The molecule has 1 N–H and O–H groups in total. The Morgan fingerprint density at radius 2 is 2.37 bits per heavy atom. The summed E-state index contributed by atoms with van der Waals surface area (Å²) in [5.41, 5.74) is 1.73. The fraction of sp³-hybridized carbons (Fsp3) is 0.467. The summed E-state index contributed by atoms with van der Waals surface area (Å²) in [6.07, 6.45) is 2.34. The second kappa shape index (κ2) is 4.78. The third-order valence-corrected chi connectivity index (χ3v) is 3.80. The van der Waals surface area contributed by atoms with Crippen molar-refractivity contribution in [3.05, 3.63) is 34.3 Å². The fourth-order valence-corrected chi connectivity index (χ4v) is 2.89. The van der Waals surface area contributed by atoms with Gasteiger partial charge in [0.1, 0.15) is 0 Å². The minimum atomic E-state index is -0.387. The first-order chi connectivity index (χ1) is 9.20. The van der Waals surface area contributed by atoms with Crippen LogP contribution in [0.4, 0.5) is 0 Å². The van der Waals surface area contributed by atoms with Crippen LogP contribution in [-0.2, 0) is 4.74 Å². The number of carbonyl (C=O) groups excluding carboxylic acids is 1. The van der Waals surface area contributed by atoms with Crippen molar-refractivity contribution in [2.24, 2.45) is 4.99 Å². The number of aliphatic hydroxyl groups is 1. The zero-order valence-corrected chi connectivity index (χ0v) is 10.9. The molecule has 1 aliphatic carbocycles. The quantitative estimate of drug-likeness (QED) is 0.790. The average molecular weight is 259 g/mol. The Morgan fingerprint density at radius 1 is 1.53 bits per heavy atom. The molecule has 3 rings (SSSR count). The Labute approximate surface area is 111 Å². The lowest BCUT2D eigenvalue weighted by Crippen LogP contribution is -2.30. The molecule has 2 aliphatic rings. The Kier molecular flexibility index (Phi) is 3.11. The topological polar surface area (TPSA) is 58.9 Å². The zero-order chi connectivity index (χ0) is 13.4. The van der Waals surface area contributed by atoms with Crippen LogP contribution in [-0.4, -0.2) is 29.8 Å². The Morgan fingerprint density at radius 3 is 3.16 bits per heavy atom. The normalized spacial score (nSPS) is 24.4. The highest BCUT2D eigenvalue weighted by atomic mass is 16.5. The van der Waals surface area contributed by atoms with Gasteiger partial charge in [-0.1, -0.05) is 0 Å². The van der Waals surface area contributed by atoms with Gasteiger partial charge in [-0.2, -0.15) is 0 Å². The largest absolute Gasteiger partial charge is 0.462 e. The maximum absolute atomic E-state index is 11.8. The third-order valence-electron chi connectivity index (χ3n) is 3.80. The van der Waals surface area contributed by atoms with Gasteiger partial charge in [-0.05, 0) is 50.0 Å². The molecule has 0 aromatic heterocycles. The summed E-state index contributed by atoms with van der Waals surface area (Å²) >= 11 is 0. The minimum Gasteiger partial charge on any atom is -0.462 e. The molecule has 0 bridgehead atoms. The molecule has 1 saturated carbocycles. The summed E-state index contributed by atoms with van der Waals surface area (Å²) in [6.45, 7) is 2.17. The first-order valence-corrected chi connectivity index (χ1v) is 6.77. The van der Waals surface area contributed by atoms with E-state index < -0.39 is 0 Å². The molecule has 0 spiro atoms. The van der Waals surface area contributed by atoms with E-state index in [0.717, 1.165) is 29.8 Å². The highest BCUT2D eigenvalue weighted by Gasteiger charge is 2.30. The van der Waals surface area contributed by atoms with Crippen LogP contribution in [0.5, 0.6) is 0 Å². The van der Waals surface area contributed by atoms with Crippen molar-refractivity contribution in [1.82, 2.24) is 0 Å². The van der Waals surface area contributed by atoms with E-state index in [0.29, 0.717) is 12.2 Å². The number of hydrogen-bond donors (Lipinski definition) is 1. The van der Waals surface area contributed by atoms with Gasteiger partial charge in [-0.25, -0.2) is 4.79 Å². The van der Waals surface area contributed by atoms with E-state index in [2.05, 4.69) is 4.99 Å². The monoisotopic (exact) mass is 259 g/mol. The highest BCUT2D eigenvalue weighted by molar-refractivity contribution is 5.89. The van der Waals surface area contributed by atoms with Crippen molar-refractivity contribution in [2.75, 3.05) is 6.61 Å². The maximum atomic E-state index is 11.8. The summed E-state index contributed by atoms with van der Waals surface area (Å²) < 4.78 is 5.02. The van der Waals surface area contributed by atoms with Gasteiger partial charge in [0.25, 0.3) is 0 Å². The molecular weight excluding hydrogens is 242 g/mol. The van der Waals surface area contributed by atoms with Crippen LogP contribution in [0.15, 0.2) is 23.2 Å². The van der Waals surface area contributed by atoms with E-state index in [1.807, 2.05) is 12.1 Å². The molecule has 0 radical (unpaired) electrons. The maximum Gasteiger partial charge on any atom is 0.338 e. The Balaban J connectivity index is 2.08. The van der Waals surface area contributed by atoms with Crippen molar-refractivity contribution in [3.63, 3.8) is 0 Å². The molecule has 0 unspecified atom stereocenters. The average Bonchev–Trinajstić information content (AvgIpc) is 2.78. The molecule has 1 aromatic carbocycles. The molecule has 1 fully saturated rings. The predicted molar refractivity (Wildman–Crippen MR) is 70.2 cm³/mol. The van der Waals surface area contributed by atoms with Crippen LogP contribution in [0, 0.1) is 0 Å². The van der Waals surface area contributed by atoms with Gasteiger partial charge < -0.3 is 9.84 Å². The number of hydrogen-bond acceptors (Lipinski definition) is 4. The Hall–Kier alpha value is -1.68. The number of ether oxygens (including phenoxy) is 1. The summed E-state index contributed by atoms with van der Waals surface area (Å²) in [5, 5.41) is 11.9. The summed E-state index contributed by atoms with van der Waals surface area (Å²) in [6, 6.07) is 5.33. The molecule has 1 aliphatic heterocycles. The molecule has 4 heteroatoms. The molecule has 4 nitrogen and oxygen atoms in total. The fourth-order valence-electron chi connectivity index (χ4n) is 2.89. The second-order valence-electron chi connectivity index (χ2n) is 5.01. The van der Waals surface area contributed by atoms with E-state index in [-0.39, 0.29) is 18.1 Å². The predicted octanol–water partition coefficient (Wildman–Crippen LogP) is 0.561. The van der Waals surface area contributed by atoms with Crippen LogP contribution >= 0.6 is 0 Å². The van der Waals surface area contributed by atoms with Gasteiger partial charge in [-0.15, -0.1) is 0 Å². The van der Waals surface area contributed by atoms with Crippen molar-refractivity contribution < 1.29 is 14.6 Å². The number of carbonyl (C=O) groups is 1. The van der Waals surface area contributed by atoms with Crippen LogP contribution in [0.25, 0.3) is 5.57 Å². The van der Waals surface area contributed by atoms with Crippen LogP contribution < -0.4 is 10.6 Å². The summed E-state index contributed by atoms with van der Waals surface area (Å²) in [7, 11) is 0. The van der Waals surface area contributed by atoms with E-state index >= 15 is 0 Å². The van der Waals surface area contributed by atoms with Gasteiger partial charge in [0.15, 0.2) is 0 Å². The molecular formula is C15H17NO3.